The van der Waals surface area contributed by atoms with E-state index in [0.29, 0.717) is 29.8 Å². The van der Waals surface area contributed by atoms with Gasteiger partial charge in [0.15, 0.2) is 0 Å². The van der Waals surface area contributed by atoms with Crippen LogP contribution >= 0.6 is 0 Å². The molecule has 0 amide bonds. The monoisotopic (exact) mass is 360 g/mol. The lowest BCUT2D eigenvalue weighted by Gasteiger charge is -2.21. The SMILES string of the molecule is O=S(=O)(c1ccccc1)N1CC2CN(Cc3cccc(F)c3)CC2C1. The molecule has 6 heteroatoms. The summed E-state index contributed by atoms with van der Waals surface area (Å²) in [5.74, 6) is 0.496. The van der Waals surface area contributed by atoms with Crippen LogP contribution in [0.2, 0.25) is 0 Å². The molecule has 0 aliphatic carbocycles. The largest absolute Gasteiger partial charge is 0.298 e. The van der Waals surface area contributed by atoms with Crippen molar-refractivity contribution in [3.63, 3.8) is 0 Å². The van der Waals surface area contributed by atoms with Crippen molar-refractivity contribution in [2.75, 3.05) is 26.2 Å². The van der Waals surface area contributed by atoms with E-state index in [1.165, 1.54) is 6.07 Å². The van der Waals surface area contributed by atoms with Crippen LogP contribution < -0.4 is 0 Å². The second kappa shape index (κ2) is 6.52. The van der Waals surface area contributed by atoms with E-state index in [9.17, 15) is 12.8 Å². The Balaban J connectivity index is 1.41. The van der Waals surface area contributed by atoms with Gasteiger partial charge >= 0.3 is 0 Å². The van der Waals surface area contributed by atoms with Crippen LogP contribution in [0.3, 0.4) is 0 Å². The Morgan fingerprint density at radius 2 is 1.60 bits per heavy atom. The highest BCUT2D eigenvalue weighted by molar-refractivity contribution is 7.89. The summed E-state index contributed by atoms with van der Waals surface area (Å²) in [7, 11) is -3.40. The summed E-state index contributed by atoms with van der Waals surface area (Å²) in [6.45, 7) is 3.59. The van der Waals surface area contributed by atoms with E-state index >= 15 is 0 Å². The molecule has 25 heavy (non-hydrogen) atoms. The molecule has 2 aliphatic heterocycles. The van der Waals surface area contributed by atoms with Crippen molar-refractivity contribution < 1.29 is 12.8 Å². The predicted molar refractivity (Wildman–Crippen MR) is 93.9 cm³/mol. The zero-order chi connectivity index (χ0) is 17.4. The standard InChI is InChI=1S/C19H21FN2O2S/c20-18-6-4-5-15(9-18)10-21-11-16-13-22(14-17(16)12-21)25(23,24)19-7-2-1-3-8-19/h1-9,16-17H,10-14H2. The topological polar surface area (TPSA) is 40.6 Å². The first-order valence-corrected chi connectivity index (χ1v) is 9.98. The number of hydrogen-bond acceptors (Lipinski definition) is 3. The maximum absolute atomic E-state index is 13.3. The van der Waals surface area contributed by atoms with Crippen molar-refractivity contribution in [3.05, 3.63) is 66.0 Å². The van der Waals surface area contributed by atoms with Gasteiger partial charge in [-0.15, -0.1) is 0 Å². The molecule has 2 heterocycles. The maximum Gasteiger partial charge on any atom is 0.243 e. The quantitative estimate of drug-likeness (QED) is 0.841. The summed E-state index contributed by atoms with van der Waals surface area (Å²) >= 11 is 0. The van der Waals surface area contributed by atoms with Gasteiger partial charge in [0.2, 0.25) is 10.0 Å². The van der Waals surface area contributed by atoms with Gasteiger partial charge in [0.05, 0.1) is 4.90 Å². The molecule has 0 aromatic heterocycles. The van der Waals surface area contributed by atoms with Gasteiger partial charge in [-0.2, -0.15) is 4.31 Å². The molecular weight excluding hydrogens is 339 g/mol. The van der Waals surface area contributed by atoms with Gasteiger partial charge in [0.25, 0.3) is 0 Å². The Bertz CT molecular complexity index is 843. The van der Waals surface area contributed by atoms with Crippen LogP contribution in [0.1, 0.15) is 5.56 Å². The maximum atomic E-state index is 13.3. The summed E-state index contributed by atoms with van der Waals surface area (Å²) in [6.07, 6.45) is 0. The molecule has 2 fully saturated rings. The summed E-state index contributed by atoms with van der Waals surface area (Å²) in [4.78, 5) is 2.67. The van der Waals surface area contributed by atoms with Gasteiger partial charge in [-0.05, 0) is 41.7 Å². The number of hydrogen-bond donors (Lipinski definition) is 0. The number of halogens is 1. The summed E-state index contributed by atoms with van der Waals surface area (Å²) in [6, 6.07) is 15.3. The zero-order valence-electron chi connectivity index (χ0n) is 13.9. The molecule has 0 N–H and O–H groups in total. The third-order valence-electron chi connectivity index (χ3n) is 5.20. The van der Waals surface area contributed by atoms with Crippen LogP contribution in [0.5, 0.6) is 0 Å². The third-order valence-corrected chi connectivity index (χ3v) is 7.05. The van der Waals surface area contributed by atoms with Crippen LogP contribution in [-0.4, -0.2) is 43.8 Å². The summed E-state index contributed by atoms with van der Waals surface area (Å²) < 4.78 is 40.4. The normalized spacial score (nSPS) is 24.5. The first-order chi connectivity index (χ1) is 12.0. The molecule has 0 radical (unpaired) electrons. The van der Waals surface area contributed by atoms with E-state index < -0.39 is 10.0 Å². The van der Waals surface area contributed by atoms with Crippen LogP contribution in [0.15, 0.2) is 59.5 Å². The van der Waals surface area contributed by atoms with Gasteiger partial charge in [-0.1, -0.05) is 30.3 Å². The number of sulfonamides is 1. The highest BCUT2D eigenvalue weighted by Gasteiger charge is 2.44. The fourth-order valence-electron chi connectivity index (χ4n) is 4.01. The third kappa shape index (κ3) is 3.34. The Morgan fingerprint density at radius 1 is 0.920 bits per heavy atom. The van der Waals surface area contributed by atoms with E-state index in [0.717, 1.165) is 25.2 Å². The highest BCUT2D eigenvalue weighted by atomic mass is 32.2. The fraction of sp³-hybridized carbons (Fsp3) is 0.368. The van der Waals surface area contributed by atoms with Crippen LogP contribution in [0, 0.1) is 17.7 Å². The van der Waals surface area contributed by atoms with Crippen molar-refractivity contribution >= 4 is 10.0 Å². The second-order valence-electron chi connectivity index (χ2n) is 6.98. The van der Waals surface area contributed by atoms with Crippen molar-refractivity contribution in [2.24, 2.45) is 11.8 Å². The van der Waals surface area contributed by atoms with Gasteiger partial charge in [-0.3, -0.25) is 4.90 Å². The van der Waals surface area contributed by atoms with E-state index in [1.807, 2.05) is 12.1 Å². The summed E-state index contributed by atoms with van der Waals surface area (Å²) in [5, 5.41) is 0. The molecule has 4 rings (SSSR count). The van der Waals surface area contributed by atoms with Gasteiger partial charge in [-0.25, -0.2) is 12.8 Å². The van der Waals surface area contributed by atoms with E-state index in [1.54, 1.807) is 40.7 Å². The van der Waals surface area contributed by atoms with Gasteiger partial charge in [0, 0.05) is 32.7 Å². The molecule has 132 valence electrons. The minimum atomic E-state index is -3.40. The minimum absolute atomic E-state index is 0.211. The molecule has 2 saturated heterocycles. The number of nitrogens with zero attached hydrogens (tertiary/aromatic N) is 2. The number of rotatable bonds is 4. The lowest BCUT2D eigenvalue weighted by atomic mass is 10.0. The van der Waals surface area contributed by atoms with Crippen LogP contribution in [0.4, 0.5) is 4.39 Å². The molecular formula is C19H21FN2O2S. The smallest absolute Gasteiger partial charge is 0.243 e. The molecule has 2 atom stereocenters. The van der Waals surface area contributed by atoms with E-state index in [2.05, 4.69) is 4.90 Å². The zero-order valence-corrected chi connectivity index (χ0v) is 14.7. The first-order valence-electron chi connectivity index (χ1n) is 8.54. The van der Waals surface area contributed by atoms with Crippen molar-refractivity contribution in [1.29, 1.82) is 0 Å². The minimum Gasteiger partial charge on any atom is -0.298 e. The Labute approximate surface area is 147 Å². The Morgan fingerprint density at radius 3 is 2.24 bits per heavy atom. The predicted octanol–water partition coefficient (Wildman–Crippen LogP) is 2.58. The second-order valence-corrected chi connectivity index (χ2v) is 8.92. The van der Waals surface area contributed by atoms with E-state index in [-0.39, 0.29) is 5.82 Å². The molecule has 2 aromatic rings. The van der Waals surface area contributed by atoms with Crippen LogP contribution in [0.25, 0.3) is 0 Å². The molecule has 0 bridgehead atoms. The average Bonchev–Trinajstić information content (AvgIpc) is 3.14. The van der Waals surface area contributed by atoms with E-state index in [4.69, 9.17) is 0 Å². The van der Waals surface area contributed by atoms with Gasteiger partial charge < -0.3 is 0 Å². The number of benzene rings is 2. The Hall–Kier alpha value is -1.76. The van der Waals surface area contributed by atoms with Crippen molar-refractivity contribution in [1.82, 2.24) is 9.21 Å². The first kappa shape index (κ1) is 16.7. The van der Waals surface area contributed by atoms with Gasteiger partial charge in [0.1, 0.15) is 5.82 Å². The fourth-order valence-corrected chi connectivity index (χ4v) is 5.58. The molecule has 0 saturated carbocycles. The van der Waals surface area contributed by atoms with Crippen molar-refractivity contribution in [2.45, 2.75) is 11.4 Å². The molecule has 2 aliphatic rings. The molecule has 0 spiro atoms. The molecule has 4 nitrogen and oxygen atoms in total. The lowest BCUT2D eigenvalue weighted by molar-refractivity contribution is 0.289. The Kier molecular flexibility index (Phi) is 4.35. The van der Waals surface area contributed by atoms with Crippen LogP contribution in [-0.2, 0) is 16.6 Å². The average molecular weight is 360 g/mol. The summed E-state index contributed by atoms with van der Waals surface area (Å²) in [5.41, 5.74) is 0.966. The number of fused-ring (bicyclic) bond motifs is 1. The van der Waals surface area contributed by atoms with Crippen molar-refractivity contribution in [3.8, 4) is 0 Å². The molecule has 2 unspecified atom stereocenters. The highest BCUT2D eigenvalue weighted by Crippen LogP contribution is 2.34. The molecule has 2 aromatic carbocycles. The lowest BCUT2D eigenvalue weighted by Crippen LogP contribution is -2.33. The number of likely N-dealkylation sites (tertiary alicyclic amines) is 1.